The van der Waals surface area contributed by atoms with E-state index in [1.54, 1.807) is 0 Å². The molecule has 0 amide bonds. The lowest BCUT2D eigenvalue weighted by molar-refractivity contribution is 0.261. The van der Waals surface area contributed by atoms with Crippen molar-refractivity contribution in [1.82, 2.24) is 4.90 Å². The SMILES string of the molecule is Cc1cc(C)cc(NC2CCCN(C)C2)c1. The summed E-state index contributed by atoms with van der Waals surface area (Å²) in [5.41, 5.74) is 3.95. The standard InChI is InChI=1S/C14H22N2/c1-11-7-12(2)9-14(8-11)15-13-5-4-6-16(3)10-13/h7-9,13,15H,4-6,10H2,1-3H3. The highest BCUT2D eigenvalue weighted by molar-refractivity contribution is 5.49. The first-order valence-corrected chi connectivity index (χ1v) is 6.17. The monoisotopic (exact) mass is 218 g/mol. The molecule has 0 radical (unpaired) electrons. The van der Waals surface area contributed by atoms with Gasteiger partial charge in [-0.05, 0) is 63.5 Å². The summed E-state index contributed by atoms with van der Waals surface area (Å²) in [7, 11) is 2.20. The van der Waals surface area contributed by atoms with Crippen molar-refractivity contribution in [1.29, 1.82) is 0 Å². The fourth-order valence-electron chi connectivity index (χ4n) is 2.58. The topological polar surface area (TPSA) is 15.3 Å². The molecule has 1 heterocycles. The van der Waals surface area contributed by atoms with E-state index in [2.05, 4.69) is 49.3 Å². The van der Waals surface area contributed by atoms with Crippen LogP contribution in [0.25, 0.3) is 0 Å². The van der Waals surface area contributed by atoms with Gasteiger partial charge in [-0.25, -0.2) is 0 Å². The number of hydrogen-bond donors (Lipinski definition) is 1. The maximum atomic E-state index is 3.65. The summed E-state index contributed by atoms with van der Waals surface area (Å²) in [6.07, 6.45) is 2.59. The second-order valence-electron chi connectivity index (χ2n) is 5.12. The molecule has 1 aliphatic heterocycles. The molecule has 1 N–H and O–H groups in total. The van der Waals surface area contributed by atoms with Crippen molar-refractivity contribution in [3.63, 3.8) is 0 Å². The van der Waals surface area contributed by atoms with Crippen LogP contribution in [0.3, 0.4) is 0 Å². The van der Waals surface area contributed by atoms with E-state index in [-0.39, 0.29) is 0 Å². The molecule has 16 heavy (non-hydrogen) atoms. The highest BCUT2D eigenvalue weighted by Crippen LogP contribution is 2.18. The maximum absolute atomic E-state index is 3.65. The zero-order chi connectivity index (χ0) is 11.5. The Morgan fingerprint density at radius 1 is 1.19 bits per heavy atom. The number of piperidine rings is 1. The Kier molecular flexibility index (Phi) is 3.49. The first-order valence-electron chi connectivity index (χ1n) is 6.17. The van der Waals surface area contributed by atoms with Crippen LogP contribution in [0.5, 0.6) is 0 Å². The Hall–Kier alpha value is -1.02. The van der Waals surface area contributed by atoms with Crippen molar-refractivity contribution in [3.8, 4) is 0 Å². The smallest absolute Gasteiger partial charge is 0.0388 e. The van der Waals surface area contributed by atoms with Gasteiger partial charge in [-0.15, -0.1) is 0 Å². The number of likely N-dealkylation sites (tertiary alicyclic amines) is 1. The van der Waals surface area contributed by atoms with Gasteiger partial charge in [0.2, 0.25) is 0 Å². The van der Waals surface area contributed by atoms with E-state index < -0.39 is 0 Å². The molecule has 1 atom stereocenters. The van der Waals surface area contributed by atoms with Gasteiger partial charge in [0.15, 0.2) is 0 Å². The molecule has 0 aliphatic carbocycles. The van der Waals surface area contributed by atoms with Crippen LogP contribution in [-0.2, 0) is 0 Å². The molecule has 1 unspecified atom stereocenters. The number of likely N-dealkylation sites (N-methyl/N-ethyl adjacent to an activating group) is 1. The van der Waals surface area contributed by atoms with E-state index in [1.807, 2.05) is 0 Å². The predicted molar refractivity (Wildman–Crippen MR) is 70.1 cm³/mol. The minimum atomic E-state index is 0.611. The van der Waals surface area contributed by atoms with Crippen molar-refractivity contribution in [2.24, 2.45) is 0 Å². The van der Waals surface area contributed by atoms with Crippen molar-refractivity contribution < 1.29 is 0 Å². The minimum Gasteiger partial charge on any atom is -0.381 e. The molecule has 0 aromatic heterocycles. The summed E-state index contributed by atoms with van der Waals surface area (Å²) in [6.45, 7) is 6.72. The number of anilines is 1. The molecular formula is C14H22N2. The fraction of sp³-hybridized carbons (Fsp3) is 0.571. The second-order valence-corrected chi connectivity index (χ2v) is 5.12. The highest BCUT2D eigenvalue weighted by atomic mass is 15.1. The van der Waals surface area contributed by atoms with Gasteiger partial charge in [0.25, 0.3) is 0 Å². The Balaban J connectivity index is 2.02. The normalized spacial score (nSPS) is 22.1. The summed E-state index contributed by atoms with van der Waals surface area (Å²) >= 11 is 0. The Bertz CT molecular complexity index is 340. The van der Waals surface area contributed by atoms with Gasteiger partial charge in [-0.1, -0.05) is 6.07 Å². The summed E-state index contributed by atoms with van der Waals surface area (Å²) in [5.74, 6) is 0. The third-order valence-electron chi connectivity index (χ3n) is 3.22. The van der Waals surface area contributed by atoms with Crippen molar-refractivity contribution in [2.45, 2.75) is 32.7 Å². The van der Waals surface area contributed by atoms with Crippen molar-refractivity contribution in [2.75, 3.05) is 25.5 Å². The molecule has 0 spiro atoms. The van der Waals surface area contributed by atoms with Crippen LogP contribution in [0.1, 0.15) is 24.0 Å². The van der Waals surface area contributed by atoms with E-state index in [0.29, 0.717) is 6.04 Å². The van der Waals surface area contributed by atoms with Gasteiger partial charge >= 0.3 is 0 Å². The number of aryl methyl sites for hydroxylation is 2. The molecule has 1 aliphatic rings. The molecule has 2 nitrogen and oxygen atoms in total. The van der Waals surface area contributed by atoms with Gasteiger partial charge in [0, 0.05) is 18.3 Å². The lowest BCUT2D eigenvalue weighted by Crippen LogP contribution is -2.39. The lowest BCUT2D eigenvalue weighted by atomic mass is 10.1. The molecule has 1 aromatic carbocycles. The maximum Gasteiger partial charge on any atom is 0.0388 e. The molecule has 1 aromatic rings. The van der Waals surface area contributed by atoms with E-state index in [9.17, 15) is 0 Å². The number of rotatable bonds is 2. The average molecular weight is 218 g/mol. The molecule has 88 valence electrons. The molecule has 2 heteroatoms. The third-order valence-corrected chi connectivity index (χ3v) is 3.22. The van der Waals surface area contributed by atoms with E-state index >= 15 is 0 Å². The second kappa shape index (κ2) is 4.88. The van der Waals surface area contributed by atoms with Crippen LogP contribution in [0.2, 0.25) is 0 Å². The van der Waals surface area contributed by atoms with Gasteiger partial charge in [-0.2, -0.15) is 0 Å². The quantitative estimate of drug-likeness (QED) is 0.821. The zero-order valence-electron chi connectivity index (χ0n) is 10.6. The average Bonchev–Trinajstić information content (AvgIpc) is 2.15. The Labute approximate surface area is 98.7 Å². The van der Waals surface area contributed by atoms with Crippen molar-refractivity contribution in [3.05, 3.63) is 29.3 Å². The summed E-state index contributed by atoms with van der Waals surface area (Å²) in [6, 6.07) is 7.31. The largest absolute Gasteiger partial charge is 0.381 e. The van der Waals surface area contributed by atoms with Crippen LogP contribution < -0.4 is 5.32 Å². The zero-order valence-corrected chi connectivity index (χ0v) is 10.6. The van der Waals surface area contributed by atoms with Crippen LogP contribution in [0, 0.1) is 13.8 Å². The molecule has 0 bridgehead atoms. The Morgan fingerprint density at radius 3 is 2.50 bits per heavy atom. The highest BCUT2D eigenvalue weighted by Gasteiger charge is 2.16. The molecular weight excluding hydrogens is 196 g/mol. The fourth-order valence-corrected chi connectivity index (χ4v) is 2.58. The van der Waals surface area contributed by atoms with Crippen molar-refractivity contribution >= 4 is 5.69 Å². The van der Waals surface area contributed by atoms with E-state index in [0.717, 1.165) is 6.54 Å². The molecule has 1 fully saturated rings. The number of benzene rings is 1. The van der Waals surface area contributed by atoms with Gasteiger partial charge < -0.3 is 10.2 Å². The van der Waals surface area contributed by atoms with E-state index in [1.165, 1.54) is 36.2 Å². The first-order chi connectivity index (χ1) is 7.63. The lowest BCUT2D eigenvalue weighted by Gasteiger charge is -2.31. The van der Waals surface area contributed by atoms with Gasteiger partial charge in [0.05, 0.1) is 0 Å². The van der Waals surface area contributed by atoms with Crippen LogP contribution >= 0.6 is 0 Å². The van der Waals surface area contributed by atoms with Crippen LogP contribution in [0.15, 0.2) is 18.2 Å². The molecule has 0 saturated carbocycles. The van der Waals surface area contributed by atoms with Gasteiger partial charge in [-0.3, -0.25) is 0 Å². The summed E-state index contributed by atoms with van der Waals surface area (Å²) in [5, 5.41) is 3.65. The molecule has 1 saturated heterocycles. The van der Waals surface area contributed by atoms with Gasteiger partial charge in [0.1, 0.15) is 0 Å². The predicted octanol–water partition coefficient (Wildman–Crippen LogP) is 2.81. The minimum absolute atomic E-state index is 0.611. The Morgan fingerprint density at radius 2 is 1.88 bits per heavy atom. The number of nitrogens with zero attached hydrogens (tertiary/aromatic N) is 1. The van der Waals surface area contributed by atoms with Crippen LogP contribution in [0.4, 0.5) is 5.69 Å². The molecule has 2 rings (SSSR count). The number of hydrogen-bond acceptors (Lipinski definition) is 2. The van der Waals surface area contributed by atoms with E-state index in [4.69, 9.17) is 0 Å². The first kappa shape index (κ1) is 11.5. The summed E-state index contributed by atoms with van der Waals surface area (Å²) in [4.78, 5) is 2.41. The third kappa shape index (κ3) is 2.99. The summed E-state index contributed by atoms with van der Waals surface area (Å²) < 4.78 is 0. The number of nitrogens with one attached hydrogen (secondary N) is 1. The van der Waals surface area contributed by atoms with Crippen LogP contribution in [-0.4, -0.2) is 31.1 Å².